The third-order valence-corrected chi connectivity index (χ3v) is 2.03. The number of carbonyl (C=O) groups excluding carboxylic acids is 1. The van der Waals surface area contributed by atoms with E-state index < -0.39 is 0 Å². The lowest BCUT2D eigenvalue weighted by Gasteiger charge is -1.99. The fraction of sp³-hybridized carbons (Fsp3) is 0.462. The van der Waals surface area contributed by atoms with Gasteiger partial charge in [0.05, 0.1) is 6.61 Å². The Morgan fingerprint density at radius 1 is 1.25 bits per heavy atom. The van der Waals surface area contributed by atoms with Crippen molar-refractivity contribution in [2.75, 3.05) is 6.61 Å². The van der Waals surface area contributed by atoms with Crippen LogP contribution < -0.4 is 0 Å². The third kappa shape index (κ3) is 9.53. The van der Waals surface area contributed by atoms with E-state index in [1.807, 2.05) is 30.3 Å². The molecule has 0 radical (unpaired) electrons. The van der Waals surface area contributed by atoms with Crippen molar-refractivity contribution in [1.82, 2.24) is 0 Å². The normalized spacial score (nSPS) is 8.94. The van der Waals surface area contributed by atoms with Gasteiger partial charge in [0.2, 0.25) is 0 Å². The Morgan fingerprint density at radius 3 is 2.25 bits per heavy atom. The van der Waals surface area contributed by atoms with Gasteiger partial charge in [-0.3, -0.25) is 4.79 Å². The van der Waals surface area contributed by atoms with E-state index in [9.17, 15) is 4.79 Å². The van der Waals surface area contributed by atoms with Crippen molar-refractivity contribution in [2.45, 2.75) is 33.1 Å². The fourth-order valence-electron chi connectivity index (χ4n) is 0.847. The third-order valence-electron chi connectivity index (χ3n) is 1.78. The monoisotopic (exact) mass is 242 g/mol. The van der Waals surface area contributed by atoms with Crippen molar-refractivity contribution in [3.8, 4) is 0 Å². The van der Waals surface area contributed by atoms with Gasteiger partial charge < -0.3 is 4.74 Å². The van der Waals surface area contributed by atoms with Crippen molar-refractivity contribution in [1.29, 1.82) is 0 Å². The van der Waals surface area contributed by atoms with Gasteiger partial charge >= 0.3 is 5.97 Å². The molecule has 16 heavy (non-hydrogen) atoms. The molecule has 0 heterocycles. The molecule has 0 unspecified atom stereocenters. The fourth-order valence-corrected chi connectivity index (χ4v) is 0.993. The SMILES string of the molecule is CCCCOC(=O)CC.Clc1ccccc1. The van der Waals surface area contributed by atoms with Gasteiger partial charge in [0, 0.05) is 11.4 Å². The van der Waals surface area contributed by atoms with E-state index in [2.05, 4.69) is 6.92 Å². The highest BCUT2D eigenvalue weighted by Crippen LogP contribution is 2.03. The van der Waals surface area contributed by atoms with Gasteiger partial charge in [-0.05, 0) is 18.6 Å². The zero-order valence-electron chi connectivity index (χ0n) is 9.91. The van der Waals surface area contributed by atoms with Crippen molar-refractivity contribution in [3.63, 3.8) is 0 Å². The topological polar surface area (TPSA) is 26.3 Å². The lowest BCUT2D eigenvalue weighted by Crippen LogP contribution is -2.02. The summed E-state index contributed by atoms with van der Waals surface area (Å²) < 4.78 is 4.79. The van der Waals surface area contributed by atoms with E-state index >= 15 is 0 Å². The Hall–Kier alpha value is -1.02. The summed E-state index contributed by atoms with van der Waals surface area (Å²) in [5, 5.41) is 0.794. The van der Waals surface area contributed by atoms with E-state index in [1.54, 1.807) is 6.92 Å². The standard InChI is InChI=1S/C7H14O2.C6H5Cl/c1-3-5-6-9-7(8)4-2;7-6-4-2-1-3-5-6/h3-6H2,1-2H3;1-5H. The molecule has 1 rings (SSSR count). The van der Waals surface area contributed by atoms with Crippen molar-refractivity contribution in [3.05, 3.63) is 35.4 Å². The van der Waals surface area contributed by atoms with Gasteiger partial charge in [0.1, 0.15) is 0 Å². The first kappa shape index (κ1) is 15.0. The molecule has 0 fully saturated rings. The predicted molar refractivity (Wildman–Crippen MR) is 67.6 cm³/mol. The van der Waals surface area contributed by atoms with Gasteiger partial charge in [-0.2, -0.15) is 0 Å². The van der Waals surface area contributed by atoms with E-state index in [0.717, 1.165) is 17.9 Å². The highest BCUT2D eigenvalue weighted by molar-refractivity contribution is 6.30. The molecule has 0 spiro atoms. The van der Waals surface area contributed by atoms with Crippen LogP contribution in [0.1, 0.15) is 33.1 Å². The number of unbranched alkanes of at least 4 members (excludes halogenated alkanes) is 1. The molecule has 0 atom stereocenters. The second-order valence-corrected chi connectivity index (χ2v) is 3.66. The van der Waals surface area contributed by atoms with Crippen molar-refractivity contribution < 1.29 is 9.53 Å². The van der Waals surface area contributed by atoms with Crippen LogP contribution in [0.4, 0.5) is 0 Å². The molecular weight excluding hydrogens is 224 g/mol. The number of esters is 1. The number of rotatable bonds is 4. The van der Waals surface area contributed by atoms with E-state index in [1.165, 1.54) is 0 Å². The summed E-state index contributed by atoms with van der Waals surface area (Å²) in [6.45, 7) is 4.46. The molecule has 1 aromatic carbocycles. The predicted octanol–water partition coefficient (Wildman–Crippen LogP) is 4.08. The molecule has 0 amide bonds. The van der Waals surface area contributed by atoms with Crippen LogP contribution in [0.3, 0.4) is 0 Å². The lowest BCUT2D eigenvalue weighted by molar-refractivity contribution is -0.143. The van der Waals surface area contributed by atoms with Crippen LogP contribution in [0, 0.1) is 0 Å². The van der Waals surface area contributed by atoms with Crippen LogP contribution in [0.2, 0.25) is 5.02 Å². The van der Waals surface area contributed by atoms with Crippen LogP contribution in [0.25, 0.3) is 0 Å². The van der Waals surface area contributed by atoms with E-state index in [0.29, 0.717) is 13.0 Å². The van der Waals surface area contributed by atoms with Crippen LogP contribution in [-0.2, 0) is 9.53 Å². The average Bonchev–Trinajstić information content (AvgIpc) is 2.31. The summed E-state index contributed by atoms with van der Waals surface area (Å²) in [6.07, 6.45) is 2.55. The highest BCUT2D eigenvalue weighted by Gasteiger charge is 1.94. The molecule has 0 bridgehead atoms. The molecule has 0 N–H and O–H groups in total. The van der Waals surface area contributed by atoms with Crippen molar-refractivity contribution in [2.24, 2.45) is 0 Å². The molecular formula is C13H19ClO2. The van der Waals surface area contributed by atoms with Crippen LogP contribution in [-0.4, -0.2) is 12.6 Å². The summed E-state index contributed by atoms with van der Waals surface area (Å²) in [5.41, 5.74) is 0. The molecule has 1 aromatic rings. The summed E-state index contributed by atoms with van der Waals surface area (Å²) in [4.78, 5) is 10.5. The number of benzene rings is 1. The van der Waals surface area contributed by atoms with Crippen LogP contribution in [0.5, 0.6) is 0 Å². The summed E-state index contributed by atoms with van der Waals surface area (Å²) >= 11 is 5.54. The van der Waals surface area contributed by atoms with Gasteiger partial charge in [0.25, 0.3) is 0 Å². The van der Waals surface area contributed by atoms with Crippen LogP contribution >= 0.6 is 11.6 Å². The minimum absolute atomic E-state index is 0.0940. The second kappa shape index (κ2) is 10.5. The molecule has 0 aliphatic heterocycles. The number of hydrogen-bond acceptors (Lipinski definition) is 2. The summed E-state index contributed by atoms with van der Waals surface area (Å²) in [5.74, 6) is -0.0940. The quantitative estimate of drug-likeness (QED) is 0.588. The van der Waals surface area contributed by atoms with Gasteiger partial charge in [-0.1, -0.05) is 50.1 Å². The molecule has 90 valence electrons. The maximum absolute atomic E-state index is 10.5. The largest absolute Gasteiger partial charge is 0.466 e. The number of carbonyl (C=O) groups is 1. The lowest BCUT2D eigenvalue weighted by atomic mass is 10.4. The van der Waals surface area contributed by atoms with E-state index in [4.69, 9.17) is 16.3 Å². The first-order chi connectivity index (χ1) is 7.70. The molecule has 0 saturated carbocycles. The molecule has 3 heteroatoms. The van der Waals surface area contributed by atoms with E-state index in [-0.39, 0.29) is 5.97 Å². The van der Waals surface area contributed by atoms with Crippen LogP contribution in [0.15, 0.2) is 30.3 Å². The molecule has 0 aromatic heterocycles. The molecule has 0 aliphatic rings. The number of ether oxygens (including phenoxy) is 1. The maximum atomic E-state index is 10.5. The molecule has 0 saturated heterocycles. The first-order valence-electron chi connectivity index (χ1n) is 5.56. The Bertz CT molecular complexity index is 273. The van der Waals surface area contributed by atoms with Gasteiger partial charge in [-0.25, -0.2) is 0 Å². The highest BCUT2D eigenvalue weighted by atomic mass is 35.5. The zero-order valence-corrected chi connectivity index (χ0v) is 10.7. The summed E-state index contributed by atoms with van der Waals surface area (Å²) in [7, 11) is 0. The number of halogens is 1. The number of hydrogen-bond donors (Lipinski definition) is 0. The molecule has 0 aliphatic carbocycles. The Kier molecular flexibility index (Phi) is 9.83. The summed E-state index contributed by atoms with van der Waals surface area (Å²) in [6, 6.07) is 9.44. The van der Waals surface area contributed by atoms with Crippen molar-refractivity contribution >= 4 is 17.6 Å². The average molecular weight is 243 g/mol. The molecule has 2 nitrogen and oxygen atoms in total. The minimum atomic E-state index is -0.0940. The minimum Gasteiger partial charge on any atom is -0.466 e. The first-order valence-corrected chi connectivity index (χ1v) is 5.94. The second-order valence-electron chi connectivity index (χ2n) is 3.22. The zero-order chi connectivity index (χ0) is 12.2. The van der Waals surface area contributed by atoms with Gasteiger partial charge in [-0.15, -0.1) is 0 Å². The maximum Gasteiger partial charge on any atom is 0.305 e. The Labute approximate surface area is 103 Å². The Balaban J connectivity index is 0.000000288. The smallest absolute Gasteiger partial charge is 0.305 e. The Morgan fingerprint density at radius 2 is 1.88 bits per heavy atom. The van der Waals surface area contributed by atoms with Gasteiger partial charge in [0.15, 0.2) is 0 Å².